The van der Waals surface area contributed by atoms with Crippen LogP contribution in [0.15, 0.2) is 48.6 Å². The van der Waals surface area contributed by atoms with Crippen LogP contribution in [0.5, 0.6) is 0 Å². The standard InChI is InChI=1S/C23H34O6/c1-3-5-10-14-19(24)15-11-8-6-7-9-12-16-20-21(29-23(26)28-20)17-13-18-22(25)27-4-2/h6-9,11-12,15-16,19-21,24H,3-5,10,13-14,17-18H2,1-2H3/b8-6+,9-7+,15-11+,16-12+/t19-,20+,21-/m0/s1. The summed E-state index contributed by atoms with van der Waals surface area (Å²) in [5.41, 5.74) is 0. The molecular formula is C23H34O6. The van der Waals surface area contributed by atoms with E-state index in [0.29, 0.717) is 25.9 Å². The summed E-state index contributed by atoms with van der Waals surface area (Å²) >= 11 is 0. The Hall–Kier alpha value is -2.34. The van der Waals surface area contributed by atoms with Crippen molar-refractivity contribution in [3.63, 3.8) is 0 Å². The number of hydrogen-bond acceptors (Lipinski definition) is 6. The van der Waals surface area contributed by atoms with E-state index in [1.54, 1.807) is 25.2 Å². The van der Waals surface area contributed by atoms with E-state index in [1.807, 2.05) is 30.4 Å². The van der Waals surface area contributed by atoms with Crippen molar-refractivity contribution in [3.8, 4) is 0 Å². The number of cyclic esters (lactones) is 2. The molecule has 0 saturated carbocycles. The topological polar surface area (TPSA) is 82.1 Å². The molecule has 0 amide bonds. The fourth-order valence-corrected chi connectivity index (χ4v) is 2.79. The number of ether oxygens (including phenoxy) is 3. The van der Waals surface area contributed by atoms with E-state index in [1.165, 1.54) is 0 Å². The molecule has 3 atom stereocenters. The van der Waals surface area contributed by atoms with Crippen LogP contribution in [0.25, 0.3) is 0 Å². The van der Waals surface area contributed by atoms with Crippen molar-refractivity contribution in [3.05, 3.63) is 48.6 Å². The number of aliphatic hydroxyl groups excluding tert-OH is 1. The smallest absolute Gasteiger partial charge is 0.466 e. The third-order valence-corrected chi connectivity index (χ3v) is 4.31. The Balaban J connectivity index is 2.32. The third kappa shape index (κ3) is 12.0. The van der Waals surface area contributed by atoms with E-state index in [4.69, 9.17) is 14.2 Å². The quantitative estimate of drug-likeness (QED) is 0.254. The van der Waals surface area contributed by atoms with E-state index in [-0.39, 0.29) is 5.97 Å². The zero-order valence-electron chi connectivity index (χ0n) is 17.5. The molecule has 0 aliphatic carbocycles. The summed E-state index contributed by atoms with van der Waals surface area (Å²) in [6, 6.07) is 0. The minimum atomic E-state index is -0.688. The van der Waals surface area contributed by atoms with Crippen molar-refractivity contribution in [2.24, 2.45) is 0 Å². The van der Waals surface area contributed by atoms with Crippen LogP contribution >= 0.6 is 0 Å². The Morgan fingerprint density at radius 3 is 2.52 bits per heavy atom. The molecule has 0 radical (unpaired) electrons. The highest BCUT2D eigenvalue weighted by molar-refractivity contribution is 5.69. The molecule has 0 bridgehead atoms. The molecule has 0 unspecified atom stereocenters. The van der Waals surface area contributed by atoms with Crippen molar-refractivity contribution in [1.29, 1.82) is 0 Å². The second kappa shape index (κ2) is 15.6. The van der Waals surface area contributed by atoms with E-state index >= 15 is 0 Å². The molecule has 0 aromatic heterocycles. The average molecular weight is 407 g/mol. The lowest BCUT2D eigenvalue weighted by Gasteiger charge is -2.11. The van der Waals surface area contributed by atoms with Gasteiger partial charge < -0.3 is 19.3 Å². The molecule has 162 valence electrons. The summed E-state index contributed by atoms with van der Waals surface area (Å²) in [7, 11) is 0. The normalized spacial score (nSPS) is 20.7. The Labute approximate surface area is 173 Å². The Bertz CT molecular complexity index is 590. The lowest BCUT2D eigenvalue weighted by atomic mass is 10.1. The number of rotatable bonds is 14. The summed E-state index contributed by atoms with van der Waals surface area (Å²) < 4.78 is 15.2. The van der Waals surface area contributed by atoms with Crippen LogP contribution in [0.2, 0.25) is 0 Å². The monoisotopic (exact) mass is 406 g/mol. The van der Waals surface area contributed by atoms with Gasteiger partial charge in [-0.25, -0.2) is 4.79 Å². The van der Waals surface area contributed by atoms with Gasteiger partial charge in [0, 0.05) is 6.42 Å². The summed E-state index contributed by atoms with van der Waals surface area (Å²) in [4.78, 5) is 22.7. The van der Waals surface area contributed by atoms with E-state index in [9.17, 15) is 14.7 Å². The van der Waals surface area contributed by atoms with Gasteiger partial charge in [0.25, 0.3) is 0 Å². The average Bonchev–Trinajstić information content (AvgIpc) is 3.03. The van der Waals surface area contributed by atoms with Gasteiger partial charge in [-0.1, -0.05) is 68.7 Å². The lowest BCUT2D eigenvalue weighted by molar-refractivity contribution is -0.143. The fraction of sp³-hybridized carbons (Fsp3) is 0.565. The summed E-state index contributed by atoms with van der Waals surface area (Å²) in [6.45, 7) is 4.27. The molecule has 1 aliphatic rings. The number of carbonyl (C=O) groups excluding carboxylic acids is 2. The largest absolute Gasteiger partial charge is 0.509 e. The van der Waals surface area contributed by atoms with Crippen LogP contribution in [0, 0.1) is 0 Å². The first-order chi connectivity index (χ1) is 14.1. The van der Waals surface area contributed by atoms with Crippen LogP contribution in [-0.2, 0) is 19.0 Å². The number of carbonyl (C=O) groups is 2. The highest BCUT2D eigenvalue weighted by atomic mass is 16.8. The molecule has 1 rings (SSSR count). The zero-order valence-corrected chi connectivity index (χ0v) is 17.5. The number of hydrogen-bond donors (Lipinski definition) is 1. The first kappa shape index (κ1) is 24.7. The summed E-state index contributed by atoms with van der Waals surface area (Å²) in [5, 5.41) is 9.77. The predicted molar refractivity (Wildman–Crippen MR) is 112 cm³/mol. The molecule has 1 saturated heterocycles. The highest BCUT2D eigenvalue weighted by Crippen LogP contribution is 2.21. The Morgan fingerprint density at radius 1 is 1.07 bits per heavy atom. The van der Waals surface area contributed by atoms with Gasteiger partial charge in [-0.15, -0.1) is 0 Å². The number of allylic oxidation sites excluding steroid dienone is 6. The Kier molecular flexibility index (Phi) is 13.3. The second-order valence-corrected chi connectivity index (χ2v) is 6.79. The minimum absolute atomic E-state index is 0.248. The van der Waals surface area contributed by atoms with Crippen LogP contribution in [-0.4, -0.2) is 42.1 Å². The number of unbranched alkanes of at least 4 members (excludes halogenated alkanes) is 2. The highest BCUT2D eigenvalue weighted by Gasteiger charge is 2.34. The zero-order chi connectivity index (χ0) is 21.3. The van der Waals surface area contributed by atoms with Gasteiger partial charge >= 0.3 is 12.1 Å². The molecule has 1 N–H and O–H groups in total. The molecule has 1 aliphatic heterocycles. The number of aliphatic hydroxyl groups is 1. The molecule has 0 aromatic rings. The molecule has 1 heterocycles. The van der Waals surface area contributed by atoms with Gasteiger partial charge in [-0.05, 0) is 32.3 Å². The van der Waals surface area contributed by atoms with Gasteiger partial charge in [0.2, 0.25) is 0 Å². The van der Waals surface area contributed by atoms with E-state index in [0.717, 1.165) is 25.7 Å². The van der Waals surface area contributed by atoms with Gasteiger partial charge in [0.05, 0.1) is 12.7 Å². The fourth-order valence-electron chi connectivity index (χ4n) is 2.79. The van der Waals surface area contributed by atoms with Crippen molar-refractivity contribution >= 4 is 12.1 Å². The molecule has 6 nitrogen and oxygen atoms in total. The number of esters is 1. The summed E-state index contributed by atoms with van der Waals surface area (Å²) in [6.07, 6.45) is 18.1. The molecule has 1 fully saturated rings. The van der Waals surface area contributed by atoms with Gasteiger partial charge in [-0.2, -0.15) is 0 Å². The molecular weight excluding hydrogens is 372 g/mol. The summed E-state index contributed by atoms with van der Waals surface area (Å²) in [5.74, 6) is -0.248. The second-order valence-electron chi connectivity index (χ2n) is 6.79. The lowest BCUT2D eigenvalue weighted by Crippen LogP contribution is -2.20. The van der Waals surface area contributed by atoms with Crippen molar-refractivity contribution in [2.75, 3.05) is 6.61 Å². The van der Waals surface area contributed by atoms with Crippen LogP contribution in [0.1, 0.15) is 58.8 Å². The third-order valence-electron chi connectivity index (χ3n) is 4.31. The maximum absolute atomic E-state index is 11.4. The maximum atomic E-state index is 11.4. The molecule has 0 aromatic carbocycles. The maximum Gasteiger partial charge on any atom is 0.509 e. The van der Waals surface area contributed by atoms with Crippen molar-refractivity contribution in [1.82, 2.24) is 0 Å². The van der Waals surface area contributed by atoms with Gasteiger partial charge in [0.1, 0.15) is 6.10 Å². The van der Waals surface area contributed by atoms with Crippen molar-refractivity contribution in [2.45, 2.75) is 77.1 Å². The molecule has 29 heavy (non-hydrogen) atoms. The SMILES string of the molecule is CCCCC[C@H](O)/C=C/C=C/C=C/C=C/[C@H]1OC(=O)O[C@H]1CCCC(=O)OCC. The first-order valence-corrected chi connectivity index (χ1v) is 10.5. The Morgan fingerprint density at radius 2 is 1.79 bits per heavy atom. The van der Waals surface area contributed by atoms with Crippen LogP contribution < -0.4 is 0 Å². The van der Waals surface area contributed by atoms with E-state index < -0.39 is 24.5 Å². The van der Waals surface area contributed by atoms with Gasteiger partial charge in [0.15, 0.2) is 6.10 Å². The van der Waals surface area contributed by atoms with Gasteiger partial charge in [-0.3, -0.25) is 4.79 Å². The van der Waals surface area contributed by atoms with Crippen molar-refractivity contribution < 1.29 is 28.9 Å². The van der Waals surface area contributed by atoms with Crippen LogP contribution in [0.3, 0.4) is 0 Å². The molecule has 0 spiro atoms. The van der Waals surface area contributed by atoms with Crippen LogP contribution in [0.4, 0.5) is 4.79 Å². The first-order valence-electron chi connectivity index (χ1n) is 10.5. The predicted octanol–water partition coefficient (Wildman–Crippen LogP) is 4.79. The minimum Gasteiger partial charge on any atom is -0.466 e. The van der Waals surface area contributed by atoms with E-state index in [2.05, 4.69) is 6.92 Å². The molecule has 6 heteroatoms.